The molecule has 0 saturated carbocycles. The zero-order valence-corrected chi connectivity index (χ0v) is 21.0. The number of ether oxygens (including phenoxy) is 1. The largest absolute Gasteiger partial charge is 0.495 e. The topological polar surface area (TPSA) is 87.2 Å². The molecule has 9 heteroatoms. The van der Waals surface area contributed by atoms with Crippen LogP contribution in [0, 0.1) is 12.8 Å². The molecule has 35 heavy (non-hydrogen) atoms. The van der Waals surface area contributed by atoms with Crippen molar-refractivity contribution in [3.05, 3.63) is 47.5 Å². The third kappa shape index (κ3) is 4.31. The number of carbonyl (C=O) groups excluding carboxylic acids is 2. The van der Waals surface area contributed by atoms with Crippen LogP contribution in [0.4, 0.5) is 11.4 Å². The van der Waals surface area contributed by atoms with Crippen molar-refractivity contribution in [2.24, 2.45) is 5.92 Å². The zero-order valence-electron chi connectivity index (χ0n) is 20.2. The molecule has 3 aliphatic rings. The van der Waals surface area contributed by atoms with E-state index in [9.17, 15) is 18.0 Å². The molecule has 2 fully saturated rings. The van der Waals surface area contributed by atoms with Gasteiger partial charge in [-0.1, -0.05) is 6.07 Å². The molecule has 1 unspecified atom stereocenters. The van der Waals surface area contributed by atoms with Crippen LogP contribution in [0.2, 0.25) is 0 Å². The number of aryl methyl sites for hydroxylation is 2. The molecule has 0 radical (unpaired) electrons. The van der Waals surface area contributed by atoms with Gasteiger partial charge < -0.3 is 14.5 Å². The summed E-state index contributed by atoms with van der Waals surface area (Å²) in [5, 5.41) is 0. The highest BCUT2D eigenvalue weighted by Crippen LogP contribution is 2.37. The number of fused-ring (bicyclic) bond motifs is 1. The fraction of sp³-hybridized carbons (Fsp3) is 0.462. The van der Waals surface area contributed by atoms with Crippen LogP contribution in [0.1, 0.15) is 36.8 Å². The van der Waals surface area contributed by atoms with Crippen LogP contribution in [-0.4, -0.2) is 57.8 Å². The highest BCUT2D eigenvalue weighted by Gasteiger charge is 2.39. The number of sulfonamides is 1. The lowest BCUT2D eigenvalue weighted by Crippen LogP contribution is -2.40. The van der Waals surface area contributed by atoms with Crippen molar-refractivity contribution in [2.45, 2.75) is 43.9 Å². The van der Waals surface area contributed by atoms with E-state index in [1.807, 2.05) is 25.1 Å². The highest BCUT2D eigenvalue weighted by atomic mass is 32.2. The van der Waals surface area contributed by atoms with Crippen molar-refractivity contribution >= 4 is 33.2 Å². The summed E-state index contributed by atoms with van der Waals surface area (Å²) < 4.78 is 33.0. The van der Waals surface area contributed by atoms with E-state index in [0.29, 0.717) is 42.5 Å². The Morgan fingerprint density at radius 3 is 2.51 bits per heavy atom. The summed E-state index contributed by atoms with van der Waals surface area (Å²) in [6.07, 6.45) is 3.39. The summed E-state index contributed by atoms with van der Waals surface area (Å²) in [5.74, 6) is -0.0566. The molecule has 0 aromatic heterocycles. The first-order valence-corrected chi connectivity index (χ1v) is 13.6. The molecule has 2 aromatic rings. The second-order valence-electron chi connectivity index (χ2n) is 9.58. The Bertz CT molecular complexity index is 1270. The first-order chi connectivity index (χ1) is 16.8. The van der Waals surface area contributed by atoms with Crippen molar-refractivity contribution in [2.75, 3.05) is 43.1 Å². The van der Waals surface area contributed by atoms with E-state index in [4.69, 9.17) is 4.74 Å². The number of amides is 2. The molecule has 5 rings (SSSR count). The van der Waals surface area contributed by atoms with Crippen LogP contribution in [0.25, 0.3) is 0 Å². The van der Waals surface area contributed by atoms with Gasteiger partial charge in [0.2, 0.25) is 21.8 Å². The van der Waals surface area contributed by atoms with Gasteiger partial charge in [-0.15, -0.1) is 0 Å². The monoisotopic (exact) mass is 497 g/mol. The lowest BCUT2D eigenvalue weighted by atomic mass is 9.99. The van der Waals surface area contributed by atoms with Gasteiger partial charge in [0.05, 0.1) is 23.6 Å². The van der Waals surface area contributed by atoms with Crippen molar-refractivity contribution in [1.82, 2.24) is 4.31 Å². The highest BCUT2D eigenvalue weighted by molar-refractivity contribution is 7.89. The molecule has 0 spiro atoms. The zero-order chi connectivity index (χ0) is 24.7. The van der Waals surface area contributed by atoms with Crippen molar-refractivity contribution in [3.8, 4) is 5.75 Å². The van der Waals surface area contributed by atoms with Gasteiger partial charge >= 0.3 is 0 Å². The first kappa shape index (κ1) is 23.8. The quantitative estimate of drug-likeness (QED) is 0.634. The summed E-state index contributed by atoms with van der Waals surface area (Å²) in [6.45, 7) is 3.92. The van der Waals surface area contributed by atoms with Crippen LogP contribution in [-0.2, 0) is 26.0 Å². The summed E-state index contributed by atoms with van der Waals surface area (Å²) >= 11 is 0. The lowest BCUT2D eigenvalue weighted by Gasteiger charge is -2.32. The number of hydrogen-bond donors (Lipinski definition) is 0. The minimum atomic E-state index is -3.51. The van der Waals surface area contributed by atoms with Gasteiger partial charge in [0, 0.05) is 38.3 Å². The molecule has 2 saturated heterocycles. The molecule has 3 heterocycles. The Kier molecular flexibility index (Phi) is 6.31. The van der Waals surface area contributed by atoms with Gasteiger partial charge in [-0.25, -0.2) is 8.42 Å². The SMILES string of the molecule is COc1ccc(C)cc1N1CC(C(=O)N2CCCc3cc(S(=O)(=O)N4CCCC4)ccc32)CC1=O. The maximum absolute atomic E-state index is 13.6. The van der Waals surface area contributed by atoms with Gasteiger partial charge in [-0.3, -0.25) is 9.59 Å². The second-order valence-corrected chi connectivity index (χ2v) is 11.5. The standard InChI is InChI=1S/C26H31N3O5S/c1-18-7-10-24(34-2)23(14-18)29-17-20(16-25(29)30)26(31)28-13-5-6-19-15-21(8-9-22(19)28)35(32,33)27-11-3-4-12-27/h7-10,14-15,20H,3-6,11-13,16-17H2,1-2H3. The minimum Gasteiger partial charge on any atom is -0.495 e. The molecule has 2 aromatic carbocycles. The predicted octanol–water partition coefficient (Wildman–Crippen LogP) is 3.12. The molecule has 8 nitrogen and oxygen atoms in total. The molecular formula is C26H31N3O5S. The Morgan fingerprint density at radius 1 is 1.00 bits per heavy atom. The number of anilines is 2. The third-order valence-corrected chi connectivity index (χ3v) is 9.13. The van der Waals surface area contributed by atoms with Crippen LogP contribution in [0.3, 0.4) is 0 Å². The van der Waals surface area contributed by atoms with Crippen LogP contribution in [0.5, 0.6) is 5.75 Å². The molecular weight excluding hydrogens is 466 g/mol. The Hall–Kier alpha value is -2.91. The third-order valence-electron chi connectivity index (χ3n) is 7.24. The molecule has 0 N–H and O–H groups in total. The average molecular weight is 498 g/mol. The number of benzene rings is 2. The Balaban J connectivity index is 1.38. The molecule has 0 aliphatic carbocycles. The first-order valence-electron chi connectivity index (χ1n) is 12.2. The van der Waals surface area contributed by atoms with E-state index in [0.717, 1.165) is 42.5 Å². The van der Waals surface area contributed by atoms with E-state index >= 15 is 0 Å². The van der Waals surface area contributed by atoms with Crippen molar-refractivity contribution in [3.63, 3.8) is 0 Å². The normalized spacial score (nSPS) is 20.9. The minimum absolute atomic E-state index is 0.0939. The number of nitrogens with zero attached hydrogens (tertiary/aromatic N) is 3. The fourth-order valence-corrected chi connectivity index (χ4v) is 6.95. The van der Waals surface area contributed by atoms with E-state index in [-0.39, 0.29) is 18.2 Å². The molecule has 3 aliphatic heterocycles. The van der Waals surface area contributed by atoms with E-state index in [1.54, 1.807) is 39.4 Å². The van der Waals surface area contributed by atoms with Gasteiger partial charge in [0.1, 0.15) is 5.75 Å². The number of rotatable bonds is 5. The van der Waals surface area contributed by atoms with Gasteiger partial charge in [-0.2, -0.15) is 4.31 Å². The Labute approximate surface area is 206 Å². The van der Waals surface area contributed by atoms with Gasteiger partial charge in [0.15, 0.2) is 0 Å². The molecule has 0 bridgehead atoms. The molecule has 186 valence electrons. The van der Waals surface area contributed by atoms with Gasteiger partial charge in [-0.05, 0) is 74.1 Å². The van der Waals surface area contributed by atoms with Crippen LogP contribution >= 0.6 is 0 Å². The maximum Gasteiger partial charge on any atom is 0.243 e. The summed E-state index contributed by atoms with van der Waals surface area (Å²) in [4.78, 5) is 30.2. The fourth-order valence-electron chi connectivity index (χ4n) is 5.38. The number of methoxy groups -OCH3 is 1. The second kappa shape index (κ2) is 9.28. The lowest BCUT2D eigenvalue weighted by molar-refractivity contribution is -0.124. The van der Waals surface area contributed by atoms with E-state index in [2.05, 4.69) is 0 Å². The van der Waals surface area contributed by atoms with Crippen molar-refractivity contribution in [1.29, 1.82) is 0 Å². The maximum atomic E-state index is 13.6. The predicted molar refractivity (Wildman–Crippen MR) is 133 cm³/mol. The number of carbonyl (C=O) groups is 2. The van der Waals surface area contributed by atoms with E-state index in [1.165, 1.54) is 0 Å². The average Bonchev–Trinajstić information content (AvgIpc) is 3.53. The number of hydrogen-bond acceptors (Lipinski definition) is 5. The van der Waals surface area contributed by atoms with Crippen molar-refractivity contribution < 1.29 is 22.7 Å². The van der Waals surface area contributed by atoms with E-state index < -0.39 is 15.9 Å². The molecule has 2 amide bonds. The van der Waals surface area contributed by atoms with Crippen LogP contribution in [0.15, 0.2) is 41.3 Å². The molecule has 1 atom stereocenters. The summed E-state index contributed by atoms with van der Waals surface area (Å²) in [5.41, 5.74) is 3.31. The summed E-state index contributed by atoms with van der Waals surface area (Å²) in [6, 6.07) is 10.8. The van der Waals surface area contributed by atoms with Gasteiger partial charge in [0.25, 0.3) is 0 Å². The smallest absolute Gasteiger partial charge is 0.243 e. The van der Waals surface area contributed by atoms with Crippen LogP contribution < -0.4 is 14.5 Å². The Morgan fingerprint density at radius 2 is 1.77 bits per heavy atom. The summed E-state index contributed by atoms with van der Waals surface area (Å²) in [7, 11) is -1.94.